The van der Waals surface area contributed by atoms with Gasteiger partial charge in [-0.3, -0.25) is 9.59 Å². The van der Waals surface area contributed by atoms with Crippen molar-refractivity contribution in [2.45, 2.75) is 399 Å². The molecule has 1 atom stereocenters. The van der Waals surface area contributed by atoms with E-state index in [1.165, 1.54) is 334 Å². The number of carbonyl (C=O) groups is 2. The summed E-state index contributed by atoms with van der Waals surface area (Å²) in [4.78, 5) is 24.6. The molecule has 0 aromatic carbocycles. The molecule has 0 aliphatic heterocycles. The van der Waals surface area contributed by atoms with Crippen molar-refractivity contribution in [3.05, 3.63) is 12.2 Å². The van der Waals surface area contributed by atoms with Crippen LogP contribution < -0.4 is 0 Å². The van der Waals surface area contributed by atoms with Crippen molar-refractivity contribution >= 4 is 11.9 Å². The first kappa shape index (κ1) is 71.6. The van der Waals surface area contributed by atoms with Crippen LogP contribution in [0.5, 0.6) is 0 Å². The maximum absolute atomic E-state index is 12.3. The van der Waals surface area contributed by atoms with Crippen molar-refractivity contribution in [1.29, 1.82) is 0 Å². The molecule has 0 aliphatic rings. The highest BCUT2D eigenvalue weighted by Gasteiger charge is 2.16. The van der Waals surface area contributed by atoms with E-state index in [9.17, 15) is 14.7 Å². The Hall–Kier alpha value is -1.36. The number of aliphatic hydroxyl groups is 1. The third kappa shape index (κ3) is 63.1. The van der Waals surface area contributed by atoms with Gasteiger partial charge < -0.3 is 14.6 Å². The van der Waals surface area contributed by atoms with E-state index in [0.29, 0.717) is 12.8 Å². The quantitative estimate of drug-likeness (QED) is 0.0373. The third-order valence-corrected chi connectivity index (χ3v) is 15.8. The summed E-state index contributed by atoms with van der Waals surface area (Å²) >= 11 is 0. The van der Waals surface area contributed by atoms with Crippen LogP contribution in [0.15, 0.2) is 12.2 Å². The molecule has 1 N–H and O–H groups in total. The van der Waals surface area contributed by atoms with Crippen molar-refractivity contribution in [1.82, 2.24) is 0 Å². The van der Waals surface area contributed by atoms with E-state index in [1.54, 1.807) is 0 Å². The van der Waals surface area contributed by atoms with Gasteiger partial charge in [0, 0.05) is 12.8 Å². The molecular formula is C68H132O5. The zero-order valence-corrected chi connectivity index (χ0v) is 49.9. The Balaban J connectivity index is 3.36. The second-order valence-corrected chi connectivity index (χ2v) is 23.3. The molecule has 0 amide bonds. The number of hydrogen-bond acceptors (Lipinski definition) is 5. The Morgan fingerprint density at radius 2 is 0.507 bits per heavy atom. The highest BCUT2D eigenvalue weighted by molar-refractivity contribution is 5.70. The molecule has 73 heavy (non-hydrogen) atoms. The van der Waals surface area contributed by atoms with Gasteiger partial charge in [0.15, 0.2) is 6.10 Å². The molecule has 0 bridgehead atoms. The predicted octanol–water partition coefficient (Wildman–Crippen LogP) is 23.0. The van der Waals surface area contributed by atoms with Crippen LogP contribution in [0.1, 0.15) is 393 Å². The van der Waals surface area contributed by atoms with Crippen LogP contribution in [-0.2, 0) is 19.1 Å². The summed E-state index contributed by atoms with van der Waals surface area (Å²) in [5.41, 5.74) is 0. The molecule has 434 valence electrons. The molecular weight excluding hydrogens is 897 g/mol. The summed E-state index contributed by atoms with van der Waals surface area (Å²) in [7, 11) is 0. The zero-order valence-electron chi connectivity index (χ0n) is 49.9. The van der Waals surface area contributed by atoms with E-state index in [0.717, 1.165) is 32.1 Å². The lowest BCUT2D eigenvalue weighted by molar-refractivity contribution is -0.161. The van der Waals surface area contributed by atoms with Crippen LogP contribution in [0.4, 0.5) is 0 Å². The monoisotopic (exact) mass is 1030 g/mol. The van der Waals surface area contributed by atoms with Crippen LogP contribution in [0.3, 0.4) is 0 Å². The minimum absolute atomic E-state index is 0.0577. The molecule has 5 nitrogen and oxygen atoms in total. The minimum atomic E-state index is -0.768. The fourth-order valence-corrected chi connectivity index (χ4v) is 10.7. The van der Waals surface area contributed by atoms with Crippen molar-refractivity contribution < 1.29 is 24.2 Å². The summed E-state index contributed by atoms with van der Waals surface area (Å²) in [6, 6.07) is 0. The minimum Gasteiger partial charge on any atom is -0.462 e. The summed E-state index contributed by atoms with van der Waals surface area (Å²) in [6.07, 6.45) is 82.5. The van der Waals surface area contributed by atoms with E-state index in [-0.39, 0.29) is 25.2 Å². The van der Waals surface area contributed by atoms with Gasteiger partial charge >= 0.3 is 11.9 Å². The Bertz CT molecular complexity index is 1070. The van der Waals surface area contributed by atoms with Gasteiger partial charge in [0.1, 0.15) is 6.61 Å². The largest absolute Gasteiger partial charge is 0.462 e. The smallest absolute Gasteiger partial charge is 0.306 e. The SMILES string of the molecule is CCCCCCCCCC/C=C\CCCCCCCCCCCCCCCC(=O)OC(CO)COC(=O)CCCCCCCCCCCCCCCCCCCCCCCCCCCCCCCCCCCC. The number of unbranched alkanes of at least 4 members (excludes halogenated alkanes) is 54. The van der Waals surface area contributed by atoms with Crippen LogP contribution in [0, 0.1) is 0 Å². The standard InChI is InChI=1S/C68H132O5/c1-3-5-7-9-11-13-15-17-19-21-23-25-27-29-30-31-32-33-34-35-36-37-39-40-42-44-46-48-50-52-54-56-58-60-62-67(70)72-65-66(64-69)73-68(71)63-61-59-57-55-53-51-49-47-45-43-41-38-28-26-24-22-20-18-16-14-12-10-8-6-4-2/h22,24,66,69H,3-21,23,25-65H2,1-2H3/b24-22-. The lowest BCUT2D eigenvalue weighted by Gasteiger charge is -2.15. The Morgan fingerprint density at radius 3 is 0.740 bits per heavy atom. The maximum Gasteiger partial charge on any atom is 0.306 e. The van der Waals surface area contributed by atoms with Crippen LogP contribution >= 0.6 is 0 Å². The van der Waals surface area contributed by atoms with Gasteiger partial charge in [0.05, 0.1) is 6.61 Å². The fourth-order valence-electron chi connectivity index (χ4n) is 10.7. The van der Waals surface area contributed by atoms with E-state index >= 15 is 0 Å². The number of hydrogen-bond donors (Lipinski definition) is 1. The number of carbonyl (C=O) groups excluding carboxylic acids is 2. The number of rotatable bonds is 64. The summed E-state index contributed by atoms with van der Waals surface area (Å²) in [5.74, 6) is -0.564. The average Bonchev–Trinajstić information content (AvgIpc) is 3.39. The number of aliphatic hydroxyl groups excluding tert-OH is 1. The molecule has 0 aliphatic carbocycles. The molecule has 0 aromatic rings. The Kier molecular flexibility index (Phi) is 63.7. The normalized spacial score (nSPS) is 12.1. The molecule has 0 heterocycles. The van der Waals surface area contributed by atoms with Gasteiger partial charge in [-0.2, -0.15) is 0 Å². The van der Waals surface area contributed by atoms with Gasteiger partial charge in [0.2, 0.25) is 0 Å². The molecule has 0 aromatic heterocycles. The number of ether oxygens (including phenoxy) is 2. The molecule has 0 radical (unpaired) electrons. The van der Waals surface area contributed by atoms with Crippen LogP contribution in [0.25, 0.3) is 0 Å². The highest BCUT2D eigenvalue weighted by atomic mass is 16.6. The van der Waals surface area contributed by atoms with Crippen molar-refractivity contribution in [2.75, 3.05) is 13.2 Å². The molecule has 1 unspecified atom stereocenters. The Morgan fingerprint density at radius 1 is 0.301 bits per heavy atom. The van der Waals surface area contributed by atoms with Gasteiger partial charge in [-0.15, -0.1) is 0 Å². The van der Waals surface area contributed by atoms with Crippen LogP contribution in [0.2, 0.25) is 0 Å². The second-order valence-electron chi connectivity index (χ2n) is 23.3. The lowest BCUT2D eigenvalue weighted by atomic mass is 10.0. The topological polar surface area (TPSA) is 72.8 Å². The van der Waals surface area contributed by atoms with Crippen LogP contribution in [-0.4, -0.2) is 36.4 Å². The van der Waals surface area contributed by atoms with Crippen molar-refractivity contribution in [3.8, 4) is 0 Å². The molecule has 0 saturated heterocycles. The summed E-state index contributed by atoms with van der Waals surface area (Å²) in [6.45, 7) is 4.21. The van der Waals surface area contributed by atoms with E-state index in [2.05, 4.69) is 26.0 Å². The first-order valence-corrected chi connectivity index (χ1v) is 33.7. The van der Waals surface area contributed by atoms with Gasteiger partial charge in [-0.1, -0.05) is 353 Å². The van der Waals surface area contributed by atoms with Gasteiger partial charge in [-0.25, -0.2) is 0 Å². The van der Waals surface area contributed by atoms with Gasteiger partial charge in [-0.05, 0) is 38.5 Å². The molecule has 0 rings (SSSR count). The van der Waals surface area contributed by atoms with Crippen molar-refractivity contribution in [2.24, 2.45) is 0 Å². The highest BCUT2D eigenvalue weighted by Crippen LogP contribution is 2.19. The third-order valence-electron chi connectivity index (χ3n) is 15.8. The molecule has 5 heteroatoms. The summed E-state index contributed by atoms with van der Waals surface area (Å²) in [5, 5.41) is 9.69. The van der Waals surface area contributed by atoms with Gasteiger partial charge in [0.25, 0.3) is 0 Å². The molecule has 0 fully saturated rings. The van der Waals surface area contributed by atoms with E-state index < -0.39 is 6.10 Å². The first-order valence-electron chi connectivity index (χ1n) is 33.7. The molecule has 0 spiro atoms. The predicted molar refractivity (Wildman–Crippen MR) is 321 cm³/mol. The Labute approximate surface area is 458 Å². The fraction of sp³-hybridized carbons (Fsp3) is 0.941. The van der Waals surface area contributed by atoms with E-state index in [4.69, 9.17) is 9.47 Å². The second kappa shape index (κ2) is 64.9. The average molecular weight is 1030 g/mol. The lowest BCUT2D eigenvalue weighted by Crippen LogP contribution is -2.28. The molecule has 0 saturated carbocycles. The van der Waals surface area contributed by atoms with Crippen molar-refractivity contribution in [3.63, 3.8) is 0 Å². The number of esters is 2. The van der Waals surface area contributed by atoms with E-state index in [1.807, 2.05) is 0 Å². The maximum atomic E-state index is 12.3. The zero-order chi connectivity index (χ0) is 52.7. The number of allylic oxidation sites excluding steroid dienone is 2. The summed E-state index contributed by atoms with van der Waals surface area (Å²) < 4.78 is 10.8. The first-order chi connectivity index (χ1) is 36.1.